The molecule has 130 valence electrons. The minimum atomic E-state index is -3.55. The van der Waals surface area contributed by atoms with Crippen molar-refractivity contribution >= 4 is 44.8 Å². The molecule has 0 atom stereocenters. The summed E-state index contributed by atoms with van der Waals surface area (Å²) in [4.78, 5) is 12.0. The molecule has 0 unspecified atom stereocenters. The average Bonchev–Trinajstić information content (AvgIpc) is 2.47. The second-order valence-corrected chi connectivity index (χ2v) is 7.90. The van der Waals surface area contributed by atoms with Gasteiger partial charge in [-0.15, -0.1) is 0 Å². The fourth-order valence-corrected chi connectivity index (χ4v) is 3.61. The lowest BCUT2D eigenvalue weighted by Crippen LogP contribution is -2.40. The molecule has 1 aromatic carbocycles. The van der Waals surface area contributed by atoms with E-state index in [9.17, 15) is 13.2 Å². The van der Waals surface area contributed by atoms with Crippen molar-refractivity contribution in [3.63, 3.8) is 0 Å². The standard InChI is InChI=1S/C15H22Cl2N2O3S/c1-4-11(5-2)15(20)18-9-10-19(23(3,21)22)13-8-6-7-12(16)14(13)17/h6-8,11H,4-5,9-10H2,1-3H3,(H,18,20). The monoisotopic (exact) mass is 380 g/mol. The fraction of sp³-hybridized carbons (Fsp3) is 0.533. The van der Waals surface area contributed by atoms with Gasteiger partial charge in [-0.1, -0.05) is 43.1 Å². The molecular formula is C15H22Cl2N2O3S. The number of nitrogens with zero attached hydrogens (tertiary/aromatic N) is 1. The largest absolute Gasteiger partial charge is 0.354 e. The highest BCUT2D eigenvalue weighted by atomic mass is 35.5. The van der Waals surface area contributed by atoms with Crippen molar-refractivity contribution in [1.82, 2.24) is 5.32 Å². The lowest BCUT2D eigenvalue weighted by molar-refractivity contribution is -0.125. The van der Waals surface area contributed by atoms with Crippen LogP contribution in [0.5, 0.6) is 0 Å². The number of anilines is 1. The van der Waals surface area contributed by atoms with Crippen LogP contribution in [-0.4, -0.2) is 33.7 Å². The Morgan fingerprint density at radius 3 is 2.39 bits per heavy atom. The molecule has 0 aliphatic carbocycles. The topological polar surface area (TPSA) is 66.5 Å². The number of sulfonamides is 1. The van der Waals surface area contributed by atoms with Gasteiger partial charge in [0, 0.05) is 12.5 Å². The summed E-state index contributed by atoms with van der Waals surface area (Å²) < 4.78 is 25.2. The summed E-state index contributed by atoms with van der Waals surface area (Å²) in [6.45, 7) is 4.18. The minimum absolute atomic E-state index is 0.0589. The van der Waals surface area contributed by atoms with Crippen molar-refractivity contribution in [2.45, 2.75) is 26.7 Å². The van der Waals surface area contributed by atoms with Crippen LogP contribution < -0.4 is 9.62 Å². The molecule has 0 radical (unpaired) electrons. The first-order valence-electron chi connectivity index (χ1n) is 7.41. The molecule has 5 nitrogen and oxygen atoms in total. The van der Waals surface area contributed by atoms with E-state index in [2.05, 4.69) is 5.32 Å². The van der Waals surface area contributed by atoms with Crippen LogP contribution in [0.25, 0.3) is 0 Å². The third-order valence-electron chi connectivity index (χ3n) is 3.57. The van der Waals surface area contributed by atoms with E-state index >= 15 is 0 Å². The van der Waals surface area contributed by atoms with Gasteiger partial charge in [0.05, 0.1) is 28.5 Å². The Morgan fingerprint density at radius 2 is 1.87 bits per heavy atom. The van der Waals surface area contributed by atoms with Crippen LogP contribution >= 0.6 is 23.2 Å². The van der Waals surface area contributed by atoms with E-state index in [1.54, 1.807) is 18.2 Å². The third kappa shape index (κ3) is 5.55. The van der Waals surface area contributed by atoms with E-state index in [0.29, 0.717) is 5.69 Å². The molecular weight excluding hydrogens is 359 g/mol. The van der Waals surface area contributed by atoms with Gasteiger partial charge in [0.15, 0.2) is 0 Å². The molecule has 0 bridgehead atoms. The van der Waals surface area contributed by atoms with Crippen LogP contribution in [0.3, 0.4) is 0 Å². The lowest BCUT2D eigenvalue weighted by Gasteiger charge is -2.24. The summed E-state index contributed by atoms with van der Waals surface area (Å²) in [6, 6.07) is 4.80. The molecule has 1 N–H and O–H groups in total. The van der Waals surface area contributed by atoms with E-state index in [4.69, 9.17) is 23.2 Å². The van der Waals surface area contributed by atoms with Gasteiger partial charge < -0.3 is 5.32 Å². The molecule has 0 aliphatic heterocycles. The Bertz CT molecular complexity index is 646. The summed E-state index contributed by atoms with van der Waals surface area (Å²) in [5.41, 5.74) is 0.304. The number of benzene rings is 1. The molecule has 0 saturated carbocycles. The number of carbonyl (C=O) groups is 1. The summed E-state index contributed by atoms with van der Waals surface area (Å²) >= 11 is 12.1. The maximum absolute atomic E-state index is 12.0. The maximum Gasteiger partial charge on any atom is 0.232 e. The van der Waals surface area contributed by atoms with Crippen LogP contribution in [0.1, 0.15) is 26.7 Å². The van der Waals surface area contributed by atoms with Gasteiger partial charge in [-0.2, -0.15) is 0 Å². The Hall–Kier alpha value is -0.980. The zero-order valence-electron chi connectivity index (χ0n) is 13.5. The summed E-state index contributed by atoms with van der Waals surface area (Å²) in [5.74, 6) is -0.128. The van der Waals surface area contributed by atoms with Crippen molar-refractivity contribution < 1.29 is 13.2 Å². The number of hydrogen-bond donors (Lipinski definition) is 1. The predicted molar refractivity (Wildman–Crippen MR) is 95.7 cm³/mol. The van der Waals surface area contributed by atoms with E-state index < -0.39 is 10.0 Å². The highest BCUT2D eigenvalue weighted by Gasteiger charge is 2.21. The molecule has 0 saturated heterocycles. The summed E-state index contributed by atoms with van der Waals surface area (Å²) in [6.07, 6.45) is 2.59. The molecule has 0 heterocycles. The van der Waals surface area contributed by atoms with Crippen LogP contribution in [0.4, 0.5) is 5.69 Å². The molecule has 1 aromatic rings. The van der Waals surface area contributed by atoms with Crippen molar-refractivity contribution in [3.05, 3.63) is 28.2 Å². The van der Waals surface area contributed by atoms with Crippen LogP contribution in [0, 0.1) is 5.92 Å². The maximum atomic E-state index is 12.0. The Kier molecular flexibility index (Phi) is 7.64. The number of hydrogen-bond acceptors (Lipinski definition) is 3. The first-order valence-corrected chi connectivity index (χ1v) is 10.0. The molecule has 23 heavy (non-hydrogen) atoms. The first-order chi connectivity index (χ1) is 10.7. The second-order valence-electron chi connectivity index (χ2n) is 5.21. The zero-order chi connectivity index (χ0) is 17.6. The normalized spacial score (nSPS) is 11.6. The van der Waals surface area contributed by atoms with Gasteiger partial charge in [-0.05, 0) is 25.0 Å². The van der Waals surface area contributed by atoms with Gasteiger partial charge in [0.1, 0.15) is 0 Å². The predicted octanol–water partition coefficient (Wildman–Crippen LogP) is 3.31. The molecule has 0 aliphatic rings. The van der Waals surface area contributed by atoms with Crippen LogP contribution in [0.15, 0.2) is 18.2 Å². The van der Waals surface area contributed by atoms with Crippen molar-refractivity contribution in [3.8, 4) is 0 Å². The van der Waals surface area contributed by atoms with E-state index in [0.717, 1.165) is 23.4 Å². The van der Waals surface area contributed by atoms with Crippen molar-refractivity contribution in [2.24, 2.45) is 5.92 Å². The molecule has 0 aromatic heterocycles. The number of rotatable bonds is 8. The molecule has 1 rings (SSSR count). The lowest BCUT2D eigenvalue weighted by atomic mass is 10.0. The molecule has 0 spiro atoms. The van der Waals surface area contributed by atoms with Gasteiger partial charge in [0.2, 0.25) is 15.9 Å². The number of amides is 1. The quantitative estimate of drug-likeness (QED) is 0.751. The van der Waals surface area contributed by atoms with Crippen LogP contribution in [0.2, 0.25) is 10.0 Å². The Labute approximate surface area is 148 Å². The van der Waals surface area contributed by atoms with Gasteiger partial charge in [0.25, 0.3) is 0 Å². The Morgan fingerprint density at radius 1 is 1.26 bits per heavy atom. The summed E-state index contributed by atoms with van der Waals surface area (Å²) in [7, 11) is -3.55. The molecule has 1 amide bonds. The number of nitrogens with one attached hydrogen (secondary N) is 1. The first kappa shape index (κ1) is 20.1. The Balaban J connectivity index is 2.87. The summed E-state index contributed by atoms with van der Waals surface area (Å²) in [5, 5.41) is 3.22. The number of halogens is 2. The minimum Gasteiger partial charge on any atom is -0.354 e. The van der Waals surface area contributed by atoms with E-state index in [-0.39, 0.29) is 35.0 Å². The smallest absolute Gasteiger partial charge is 0.232 e. The fourth-order valence-electron chi connectivity index (χ4n) is 2.23. The highest BCUT2D eigenvalue weighted by Crippen LogP contribution is 2.33. The molecule has 0 fully saturated rings. The average molecular weight is 381 g/mol. The van der Waals surface area contributed by atoms with E-state index in [1.807, 2.05) is 13.8 Å². The number of carbonyl (C=O) groups excluding carboxylic acids is 1. The van der Waals surface area contributed by atoms with Crippen LogP contribution in [-0.2, 0) is 14.8 Å². The van der Waals surface area contributed by atoms with Gasteiger partial charge in [-0.25, -0.2) is 8.42 Å². The van der Waals surface area contributed by atoms with Crippen molar-refractivity contribution in [1.29, 1.82) is 0 Å². The van der Waals surface area contributed by atoms with Crippen molar-refractivity contribution in [2.75, 3.05) is 23.7 Å². The zero-order valence-corrected chi connectivity index (χ0v) is 15.8. The van der Waals surface area contributed by atoms with Gasteiger partial charge in [-0.3, -0.25) is 9.10 Å². The second kappa shape index (κ2) is 8.76. The molecule has 8 heteroatoms. The van der Waals surface area contributed by atoms with E-state index in [1.165, 1.54) is 0 Å². The third-order valence-corrected chi connectivity index (χ3v) is 5.56. The SMILES string of the molecule is CCC(CC)C(=O)NCCN(c1cccc(Cl)c1Cl)S(C)(=O)=O. The van der Waals surface area contributed by atoms with Gasteiger partial charge >= 0.3 is 0 Å². The highest BCUT2D eigenvalue weighted by molar-refractivity contribution is 7.92.